The van der Waals surface area contributed by atoms with E-state index in [1.54, 1.807) is 26.5 Å². The number of nitrogens with one attached hydrogen (secondary N) is 2. The molecule has 8 heteroatoms. The Bertz CT molecular complexity index is 1160. The number of aromatic nitrogens is 1. The van der Waals surface area contributed by atoms with Crippen molar-refractivity contribution in [3.05, 3.63) is 53.2 Å². The highest BCUT2D eigenvalue weighted by molar-refractivity contribution is 5.98. The van der Waals surface area contributed by atoms with Gasteiger partial charge in [-0.2, -0.15) is 0 Å². The van der Waals surface area contributed by atoms with Gasteiger partial charge in [0.15, 0.2) is 11.5 Å². The van der Waals surface area contributed by atoms with Gasteiger partial charge in [0.2, 0.25) is 11.8 Å². The zero-order valence-corrected chi connectivity index (χ0v) is 18.7. The number of carbonyl (C=O) groups excluding carboxylic acids is 2. The number of hydrogen-bond donors (Lipinski definition) is 3. The molecule has 0 radical (unpaired) electrons. The van der Waals surface area contributed by atoms with Crippen molar-refractivity contribution in [2.24, 2.45) is 5.73 Å². The summed E-state index contributed by atoms with van der Waals surface area (Å²) in [5, 5.41) is 7.13. The lowest BCUT2D eigenvalue weighted by Crippen LogP contribution is -2.20. The maximum atomic E-state index is 11.7. The fourth-order valence-corrected chi connectivity index (χ4v) is 3.72. The van der Waals surface area contributed by atoms with Crippen molar-refractivity contribution in [1.82, 2.24) is 10.3 Å². The molecular weight excluding hydrogens is 408 g/mol. The number of carbonyl (C=O) groups is 2. The molecule has 8 nitrogen and oxygen atoms in total. The average Bonchev–Trinajstić information content (AvgIpc) is 2.77. The Balaban J connectivity index is 2.17. The van der Waals surface area contributed by atoms with E-state index in [4.69, 9.17) is 15.2 Å². The van der Waals surface area contributed by atoms with Crippen molar-refractivity contribution in [2.45, 2.75) is 33.2 Å². The number of primary amides is 1. The van der Waals surface area contributed by atoms with E-state index in [0.717, 1.165) is 34.3 Å². The van der Waals surface area contributed by atoms with Crippen LogP contribution in [-0.4, -0.2) is 31.0 Å². The van der Waals surface area contributed by atoms with E-state index in [1.165, 1.54) is 6.92 Å². The van der Waals surface area contributed by atoms with E-state index in [1.807, 2.05) is 24.3 Å². The fourth-order valence-electron chi connectivity index (χ4n) is 3.72. The molecule has 1 aromatic heterocycles. The molecule has 0 saturated carbocycles. The van der Waals surface area contributed by atoms with E-state index < -0.39 is 5.91 Å². The molecule has 0 atom stereocenters. The number of anilines is 2. The van der Waals surface area contributed by atoms with Gasteiger partial charge in [-0.25, -0.2) is 0 Å². The molecule has 3 rings (SSSR count). The number of ether oxygens (including phenoxy) is 2. The minimum atomic E-state index is -0.454. The second-order valence-corrected chi connectivity index (χ2v) is 7.36. The largest absolute Gasteiger partial charge is 0.493 e. The van der Waals surface area contributed by atoms with Gasteiger partial charge >= 0.3 is 0 Å². The molecule has 2 amide bonds. The zero-order chi connectivity index (χ0) is 23.3. The summed E-state index contributed by atoms with van der Waals surface area (Å²) in [6, 6.07) is 9.52. The van der Waals surface area contributed by atoms with Crippen molar-refractivity contribution in [3.63, 3.8) is 0 Å². The zero-order valence-electron chi connectivity index (χ0n) is 18.7. The predicted molar refractivity (Wildman–Crippen MR) is 124 cm³/mol. The van der Waals surface area contributed by atoms with Crippen molar-refractivity contribution in [1.29, 1.82) is 0 Å². The second kappa shape index (κ2) is 10.00. The third-order valence-electron chi connectivity index (χ3n) is 5.23. The van der Waals surface area contributed by atoms with E-state index in [-0.39, 0.29) is 12.3 Å². The van der Waals surface area contributed by atoms with Crippen LogP contribution in [0.5, 0.6) is 11.5 Å². The highest BCUT2D eigenvalue weighted by Crippen LogP contribution is 2.38. The summed E-state index contributed by atoms with van der Waals surface area (Å²) < 4.78 is 10.9. The van der Waals surface area contributed by atoms with Gasteiger partial charge in [0.25, 0.3) is 0 Å². The Kier molecular flexibility index (Phi) is 7.14. The number of nitrogens with two attached hydrogens (primary N) is 1. The normalized spacial score (nSPS) is 10.6. The van der Waals surface area contributed by atoms with Gasteiger partial charge in [-0.05, 0) is 29.7 Å². The maximum absolute atomic E-state index is 11.7. The van der Waals surface area contributed by atoms with Crippen LogP contribution in [0.2, 0.25) is 0 Å². The molecule has 0 unspecified atom stereocenters. The number of fused-ring (bicyclic) bond motifs is 1. The third kappa shape index (κ3) is 4.91. The molecule has 168 valence electrons. The van der Waals surface area contributed by atoms with Crippen molar-refractivity contribution in [3.8, 4) is 11.5 Å². The summed E-state index contributed by atoms with van der Waals surface area (Å²) in [6.45, 7) is 3.99. The Labute approximate surface area is 187 Å². The number of nitrogens with zero attached hydrogens (tertiary/aromatic N) is 1. The fraction of sp³-hybridized carbons (Fsp3) is 0.292. The lowest BCUT2D eigenvalue weighted by Gasteiger charge is -2.19. The Morgan fingerprint density at radius 1 is 1.09 bits per heavy atom. The first-order chi connectivity index (χ1) is 15.4. The molecule has 2 aromatic carbocycles. The number of rotatable bonds is 9. The van der Waals surface area contributed by atoms with Gasteiger partial charge in [-0.3, -0.25) is 14.6 Å². The predicted octanol–water partition coefficient (Wildman–Crippen LogP) is 3.22. The first kappa shape index (κ1) is 22.9. The van der Waals surface area contributed by atoms with Crippen LogP contribution in [0.4, 0.5) is 11.4 Å². The molecule has 0 aliphatic carbocycles. The maximum Gasteiger partial charge on any atom is 0.221 e. The number of methoxy groups -OCH3 is 2. The van der Waals surface area contributed by atoms with Crippen LogP contribution >= 0.6 is 0 Å². The molecule has 0 bridgehead atoms. The standard InChI is InChI=1S/C24H28N4O4/c1-5-17-15(12-26-14(2)29)7-6-8-19(17)28-24-16(9-23(25)30)13-27-20-11-22(32-4)21(31-3)10-18(20)24/h6-8,10-11,13H,5,9,12H2,1-4H3,(H2,25,30)(H,26,29)(H,27,28). The first-order valence-electron chi connectivity index (χ1n) is 10.3. The minimum absolute atomic E-state index is 0.0344. The topological polar surface area (TPSA) is 116 Å². The van der Waals surface area contributed by atoms with Crippen LogP contribution in [0.1, 0.15) is 30.5 Å². The number of benzene rings is 2. The quantitative estimate of drug-likeness (QED) is 0.474. The molecule has 0 spiro atoms. The van der Waals surface area contributed by atoms with Crippen LogP contribution in [0.25, 0.3) is 10.9 Å². The highest BCUT2D eigenvalue weighted by Gasteiger charge is 2.17. The molecule has 0 saturated heterocycles. The summed E-state index contributed by atoms with van der Waals surface area (Å²) in [5.74, 6) is 0.573. The van der Waals surface area contributed by atoms with Crippen LogP contribution in [-0.2, 0) is 29.0 Å². The van der Waals surface area contributed by atoms with Gasteiger partial charge in [-0.1, -0.05) is 19.1 Å². The molecule has 32 heavy (non-hydrogen) atoms. The Hall–Kier alpha value is -3.81. The van der Waals surface area contributed by atoms with Crippen molar-refractivity contribution in [2.75, 3.05) is 19.5 Å². The van der Waals surface area contributed by atoms with Crippen molar-refractivity contribution < 1.29 is 19.1 Å². The van der Waals surface area contributed by atoms with Crippen LogP contribution in [0.15, 0.2) is 36.5 Å². The Morgan fingerprint density at radius 2 is 1.81 bits per heavy atom. The molecule has 1 heterocycles. The van der Waals surface area contributed by atoms with Gasteiger partial charge in [-0.15, -0.1) is 0 Å². The van der Waals surface area contributed by atoms with Gasteiger partial charge in [0, 0.05) is 42.4 Å². The number of pyridine rings is 1. The van der Waals surface area contributed by atoms with Crippen LogP contribution in [0.3, 0.4) is 0 Å². The van der Waals surface area contributed by atoms with Gasteiger partial charge in [0.1, 0.15) is 0 Å². The Morgan fingerprint density at radius 3 is 2.44 bits per heavy atom. The lowest BCUT2D eigenvalue weighted by atomic mass is 10.0. The molecular formula is C24H28N4O4. The monoisotopic (exact) mass is 436 g/mol. The molecule has 0 aliphatic heterocycles. The SMILES string of the molecule is CCc1c(CNC(C)=O)cccc1Nc1c(CC(N)=O)cnc2cc(OC)c(OC)cc12. The smallest absolute Gasteiger partial charge is 0.221 e. The number of amides is 2. The summed E-state index contributed by atoms with van der Waals surface area (Å²) in [4.78, 5) is 27.6. The van der Waals surface area contributed by atoms with Crippen LogP contribution < -0.4 is 25.8 Å². The molecule has 3 aromatic rings. The van der Waals surface area contributed by atoms with E-state index >= 15 is 0 Å². The molecule has 4 N–H and O–H groups in total. The molecule has 0 fully saturated rings. The second-order valence-electron chi connectivity index (χ2n) is 7.36. The van der Waals surface area contributed by atoms with Crippen molar-refractivity contribution >= 4 is 34.1 Å². The summed E-state index contributed by atoms with van der Waals surface area (Å²) in [7, 11) is 3.14. The third-order valence-corrected chi connectivity index (χ3v) is 5.23. The highest BCUT2D eigenvalue weighted by atomic mass is 16.5. The first-order valence-corrected chi connectivity index (χ1v) is 10.3. The summed E-state index contributed by atoms with van der Waals surface area (Å²) in [5.41, 5.74) is 10.5. The average molecular weight is 437 g/mol. The van der Waals surface area contributed by atoms with E-state index in [0.29, 0.717) is 29.1 Å². The van der Waals surface area contributed by atoms with E-state index in [9.17, 15) is 9.59 Å². The lowest BCUT2D eigenvalue weighted by molar-refractivity contribution is -0.119. The molecule has 0 aliphatic rings. The van der Waals surface area contributed by atoms with E-state index in [2.05, 4.69) is 22.5 Å². The van der Waals surface area contributed by atoms with Gasteiger partial charge in [0.05, 0.1) is 31.8 Å². The van der Waals surface area contributed by atoms with Gasteiger partial charge < -0.3 is 25.8 Å². The minimum Gasteiger partial charge on any atom is -0.493 e. The van der Waals surface area contributed by atoms with Crippen LogP contribution in [0, 0.1) is 0 Å². The number of hydrogen-bond acceptors (Lipinski definition) is 6. The summed E-state index contributed by atoms with van der Waals surface area (Å²) >= 11 is 0. The summed E-state index contributed by atoms with van der Waals surface area (Å²) in [6.07, 6.45) is 2.43.